The Morgan fingerprint density at radius 1 is 1.19 bits per heavy atom. The Bertz CT molecular complexity index is 1470. The van der Waals surface area contributed by atoms with Crippen LogP contribution >= 0.6 is 0 Å². The van der Waals surface area contributed by atoms with E-state index in [0.717, 1.165) is 36.4 Å². The summed E-state index contributed by atoms with van der Waals surface area (Å²) < 4.78 is 45.9. The first-order valence-corrected chi connectivity index (χ1v) is 14.1. The summed E-state index contributed by atoms with van der Waals surface area (Å²) in [5.41, 5.74) is -2.16. The molecule has 0 bridgehead atoms. The molecule has 226 valence electrons. The van der Waals surface area contributed by atoms with E-state index in [1.165, 1.54) is 6.07 Å². The molecule has 1 aromatic heterocycles. The summed E-state index contributed by atoms with van der Waals surface area (Å²) in [4.78, 5) is 46.6. The van der Waals surface area contributed by atoms with Gasteiger partial charge in [-0.3, -0.25) is 14.5 Å². The average molecular weight is 597 g/mol. The van der Waals surface area contributed by atoms with Crippen LogP contribution in [0.5, 0.6) is 0 Å². The molecule has 0 atom stereocenters. The Hall–Kier alpha value is -4.60. The van der Waals surface area contributed by atoms with E-state index in [1.807, 2.05) is 0 Å². The second kappa shape index (κ2) is 11.6. The zero-order chi connectivity index (χ0) is 30.9. The summed E-state index contributed by atoms with van der Waals surface area (Å²) in [5, 5.41) is 12.1. The first-order valence-electron chi connectivity index (χ1n) is 14.1. The molecule has 3 amide bonds. The summed E-state index contributed by atoms with van der Waals surface area (Å²) in [6.07, 6.45) is -0.866. The summed E-state index contributed by atoms with van der Waals surface area (Å²) >= 11 is 0. The lowest BCUT2D eigenvalue weighted by molar-refractivity contribution is -0.138. The molecular formula is C30H31F3N6O4. The maximum absolute atomic E-state index is 13.7. The number of likely N-dealkylation sites (tertiary alicyclic amines) is 1. The van der Waals surface area contributed by atoms with E-state index >= 15 is 0 Å². The van der Waals surface area contributed by atoms with Gasteiger partial charge < -0.3 is 19.9 Å². The van der Waals surface area contributed by atoms with Crippen LogP contribution in [-0.2, 0) is 15.7 Å². The van der Waals surface area contributed by atoms with Gasteiger partial charge in [-0.25, -0.2) is 9.78 Å². The van der Waals surface area contributed by atoms with E-state index in [4.69, 9.17) is 10.00 Å². The van der Waals surface area contributed by atoms with Crippen LogP contribution in [0.15, 0.2) is 48.9 Å². The second-order valence-electron chi connectivity index (χ2n) is 10.9. The van der Waals surface area contributed by atoms with E-state index in [0.29, 0.717) is 50.3 Å². The fraction of sp³-hybridized carbons (Fsp3) is 0.433. The molecule has 1 spiro atoms. The number of halogens is 3. The molecule has 0 unspecified atom stereocenters. The zero-order valence-corrected chi connectivity index (χ0v) is 23.6. The minimum atomic E-state index is -4.83. The summed E-state index contributed by atoms with van der Waals surface area (Å²) in [6, 6.07) is 8.83. The van der Waals surface area contributed by atoms with Crippen molar-refractivity contribution in [2.24, 2.45) is 5.92 Å². The number of piperidine rings is 1. The summed E-state index contributed by atoms with van der Waals surface area (Å²) in [6.45, 7) is 7.74. The van der Waals surface area contributed by atoms with Gasteiger partial charge in [-0.1, -0.05) is 6.58 Å². The largest absolute Gasteiger partial charge is 0.450 e. The molecule has 13 heteroatoms. The number of rotatable bonds is 6. The molecule has 3 fully saturated rings. The van der Waals surface area contributed by atoms with Gasteiger partial charge in [0.1, 0.15) is 17.4 Å². The van der Waals surface area contributed by atoms with Crippen molar-refractivity contribution in [2.75, 3.05) is 36.0 Å². The normalized spacial score (nSPS) is 18.4. The van der Waals surface area contributed by atoms with Crippen molar-refractivity contribution in [3.63, 3.8) is 0 Å². The van der Waals surface area contributed by atoms with Crippen LogP contribution in [0.4, 0.5) is 29.3 Å². The number of nitriles is 1. The lowest BCUT2D eigenvalue weighted by atomic mass is 9.75. The summed E-state index contributed by atoms with van der Waals surface area (Å²) in [7, 11) is 0. The minimum absolute atomic E-state index is 0.126. The SMILES string of the molecule is C=C1N(c2cnc(C#N)c(C(F)(F)F)c2)C(=O)C2(CCC2)N1c1ccc(C(=O)NCC2CCN(C(=O)OCC)CC2)cc1. The van der Waals surface area contributed by atoms with Gasteiger partial charge in [0, 0.05) is 30.9 Å². The minimum Gasteiger partial charge on any atom is -0.450 e. The third-order valence-electron chi connectivity index (χ3n) is 8.35. The number of anilines is 2. The number of hydrogen-bond acceptors (Lipinski definition) is 7. The van der Waals surface area contributed by atoms with Crippen LogP contribution in [0.25, 0.3) is 0 Å². The highest BCUT2D eigenvalue weighted by Crippen LogP contribution is 2.50. The molecular weight excluding hydrogens is 565 g/mol. The van der Waals surface area contributed by atoms with Crippen LogP contribution < -0.4 is 15.1 Å². The highest BCUT2D eigenvalue weighted by atomic mass is 19.4. The van der Waals surface area contributed by atoms with Gasteiger partial charge >= 0.3 is 12.3 Å². The van der Waals surface area contributed by atoms with Crippen molar-refractivity contribution in [3.05, 3.63) is 65.7 Å². The number of aromatic nitrogens is 1. The number of amides is 3. The third-order valence-corrected chi connectivity index (χ3v) is 8.35. The van der Waals surface area contributed by atoms with Crippen molar-refractivity contribution in [1.29, 1.82) is 5.26 Å². The van der Waals surface area contributed by atoms with Gasteiger partial charge in [-0.15, -0.1) is 0 Å². The molecule has 5 rings (SSSR count). The van der Waals surface area contributed by atoms with Crippen LogP contribution in [0, 0.1) is 17.2 Å². The Balaban J connectivity index is 1.28. The first-order chi connectivity index (χ1) is 20.5. The molecule has 1 saturated carbocycles. The standard InChI is InChI=1S/C30H31F3N6O4/c1-3-43-28(42)37-13-9-20(10-14-37)17-36-26(40)21-5-7-22(8-6-21)39-19(2)38(27(41)29(39)11-4-12-29)23-15-24(30(31,32)33)25(16-34)35-18-23/h5-8,15,18,20H,2-4,9-14,17H2,1H3,(H,36,40). The predicted octanol–water partition coefficient (Wildman–Crippen LogP) is 4.82. The molecule has 3 heterocycles. The van der Waals surface area contributed by atoms with Gasteiger partial charge in [-0.2, -0.15) is 18.4 Å². The number of ether oxygens (including phenoxy) is 1. The highest BCUT2D eigenvalue weighted by Gasteiger charge is 2.59. The van der Waals surface area contributed by atoms with E-state index in [9.17, 15) is 27.6 Å². The Kier molecular flexibility index (Phi) is 8.05. The number of benzene rings is 1. The molecule has 1 aliphatic carbocycles. The molecule has 1 N–H and O–H groups in total. The molecule has 3 aliphatic rings. The highest BCUT2D eigenvalue weighted by molar-refractivity contribution is 6.11. The number of nitrogens with one attached hydrogen (secondary N) is 1. The fourth-order valence-corrected chi connectivity index (χ4v) is 5.90. The van der Waals surface area contributed by atoms with E-state index in [1.54, 1.807) is 41.0 Å². The van der Waals surface area contributed by atoms with E-state index < -0.39 is 28.9 Å². The number of nitrogens with zero attached hydrogens (tertiary/aromatic N) is 5. The van der Waals surface area contributed by atoms with Gasteiger partial charge in [0.25, 0.3) is 11.8 Å². The molecule has 0 radical (unpaired) electrons. The number of carbonyl (C=O) groups is 3. The maximum atomic E-state index is 13.7. The molecule has 2 aliphatic heterocycles. The number of alkyl halides is 3. The lowest BCUT2D eigenvalue weighted by Gasteiger charge is -2.43. The molecule has 1 aromatic carbocycles. The van der Waals surface area contributed by atoms with Crippen molar-refractivity contribution < 1.29 is 32.3 Å². The average Bonchev–Trinajstić information content (AvgIpc) is 3.22. The lowest BCUT2D eigenvalue weighted by Crippen LogP contribution is -2.54. The zero-order valence-electron chi connectivity index (χ0n) is 23.6. The van der Waals surface area contributed by atoms with Gasteiger partial charge in [0.15, 0.2) is 5.69 Å². The number of carbonyl (C=O) groups excluding carboxylic acids is 3. The molecule has 2 aromatic rings. The quantitative estimate of drug-likeness (QED) is 0.508. The molecule has 10 nitrogen and oxygen atoms in total. The van der Waals surface area contributed by atoms with E-state index in [-0.39, 0.29) is 29.4 Å². The topological polar surface area (TPSA) is 119 Å². The van der Waals surface area contributed by atoms with E-state index in [2.05, 4.69) is 16.9 Å². The Labute approximate surface area is 246 Å². The van der Waals surface area contributed by atoms with Crippen molar-refractivity contribution in [2.45, 2.75) is 50.7 Å². The van der Waals surface area contributed by atoms with Crippen molar-refractivity contribution in [3.8, 4) is 6.07 Å². The second-order valence-corrected chi connectivity index (χ2v) is 10.9. The van der Waals surface area contributed by atoms with Gasteiger partial charge in [-0.05, 0) is 75.3 Å². The smallest absolute Gasteiger partial charge is 0.419 e. The van der Waals surface area contributed by atoms with Crippen molar-refractivity contribution in [1.82, 2.24) is 15.2 Å². The monoisotopic (exact) mass is 596 g/mol. The van der Waals surface area contributed by atoms with Crippen LogP contribution in [0.1, 0.15) is 60.6 Å². The predicted molar refractivity (Wildman–Crippen MR) is 150 cm³/mol. The third kappa shape index (κ3) is 5.49. The Morgan fingerprint density at radius 2 is 1.86 bits per heavy atom. The van der Waals surface area contributed by atoms with Crippen LogP contribution in [0.3, 0.4) is 0 Å². The maximum Gasteiger partial charge on any atom is 0.419 e. The molecule has 43 heavy (non-hydrogen) atoms. The van der Waals surface area contributed by atoms with Gasteiger partial charge in [0.05, 0.1) is 24.1 Å². The number of hydrogen-bond donors (Lipinski definition) is 1. The molecule has 2 saturated heterocycles. The van der Waals surface area contributed by atoms with Gasteiger partial charge in [0.2, 0.25) is 0 Å². The number of pyridine rings is 1. The summed E-state index contributed by atoms with van der Waals surface area (Å²) in [5.74, 6) is -0.291. The first kappa shape index (κ1) is 29.9. The van der Waals surface area contributed by atoms with Crippen molar-refractivity contribution >= 4 is 29.3 Å². The fourth-order valence-electron chi connectivity index (χ4n) is 5.90. The van der Waals surface area contributed by atoms with Crippen LogP contribution in [-0.4, -0.2) is 59.6 Å². The van der Waals surface area contributed by atoms with Crippen LogP contribution in [0.2, 0.25) is 0 Å². The Morgan fingerprint density at radius 3 is 2.42 bits per heavy atom.